The summed E-state index contributed by atoms with van der Waals surface area (Å²) in [7, 11) is 1.72. The highest BCUT2D eigenvalue weighted by molar-refractivity contribution is 5.85. The van der Waals surface area contributed by atoms with E-state index in [-0.39, 0.29) is 0 Å². The molecular formula is C14H18N2O. The topological polar surface area (TPSA) is 33.6 Å². The van der Waals surface area contributed by atoms with Crippen molar-refractivity contribution in [3.8, 4) is 5.75 Å². The molecule has 1 aromatic carbocycles. The van der Waals surface area contributed by atoms with Crippen LogP contribution >= 0.6 is 0 Å². The predicted molar refractivity (Wildman–Crippen MR) is 68.8 cm³/mol. The third-order valence-corrected chi connectivity index (χ3v) is 3.79. The van der Waals surface area contributed by atoms with Crippen LogP contribution in [0.15, 0.2) is 29.3 Å². The van der Waals surface area contributed by atoms with Gasteiger partial charge in [0.05, 0.1) is 19.5 Å². The molecule has 0 saturated heterocycles. The molecule has 0 bridgehead atoms. The highest BCUT2D eigenvalue weighted by Gasteiger charge is 2.45. The van der Waals surface area contributed by atoms with Crippen molar-refractivity contribution in [3.05, 3.63) is 29.8 Å². The van der Waals surface area contributed by atoms with Crippen molar-refractivity contribution in [1.29, 1.82) is 0 Å². The van der Waals surface area contributed by atoms with Crippen molar-refractivity contribution in [1.82, 2.24) is 5.32 Å². The van der Waals surface area contributed by atoms with E-state index in [1.807, 2.05) is 6.07 Å². The van der Waals surface area contributed by atoms with Crippen molar-refractivity contribution in [2.24, 2.45) is 4.99 Å². The first-order valence-corrected chi connectivity index (χ1v) is 6.24. The molecule has 1 N–H and O–H groups in total. The third kappa shape index (κ3) is 2.02. The number of benzene rings is 1. The maximum Gasteiger partial charge on any atom is 0.119 e. The number of hydrogen-bond donors (Lipinski definition) is 1. The Morgan fingerprint density at radius 3 is 2.94 bits per heavy atom. The van der Waals surface area contributed by atoms with Gasteiger partial charge in [0, 0.05) is 18.4 Å². The minimum atomic E-state index is 0.324. The summed E-state index contributed by atoms with van der Waals surface area (Å²) in [5.74, 6) is 2.14. The molecule has 1 aliphatic carbocycles. The molecule has 0 aromatic heterocycles. The number of ether oxygens (including phenoxy) is 1. The van der Waals surface area contributed by atoms with Crippen molar-refractivity contribution in [2.75, 3.05) is 20.2 Å². The maximum atomic E-state index is 5.30. The molecule has 0 spiro atoms. The molecule has 3 heteroatoms. The van der Waals surface area contributed by atoms with Crippen molar-refractivity contribution in [2.45, 2.75) is 24.7 Å². The third-order valence-electron chi connectivity index (χ3n) is 3.79. The molecule has 90 valence electrons. The lowest BCUT2D eigenvalue weighted by atomic mass is 9.92. The van der Waals surface area contributed by atoms with E-state index in [1.165, 1.54) is 24.2 Å². The average molecular weight is 230 g/mol. The Balaban J connectivity index is 1.81. The summed E-state index contributed by atoms with van der Waals surface area (Å²) in [6.45, 7) is 1.94. The highest BCUT2D eigenvalue weighted by Crippen LogP contribution is 2.51. The SMILES string of the molecule is COc1cccc(C2(CC3=NCCN3)CC2)c1. The van der Waals surface area contributed by atoms with Crippen LogP contribution in [0.3, 0.4) is 0 Å². The fourth-order valence-electron chi connectivity index (χ4n) is 2.56. The number of rotatable bonds is 4. The molecular weight excluding hydrogens is 212 g/mol. The maximum absolute atomic E-state index is 5.30. The molecule has 0 unspecified atom stereocenters. The second kappa shape index (κ2) is 4.06. The van der Waals surface area contributed by atoms with Crippen LogP contribution in [-0.4, -0.2) is 26.0 Å². The standard InChI is InChI=1S/C14H18N2O/c1-17-12-4-2-3-11(9-12)14(5-6-14)10-13-15-7-8-16-13/h2-4,9H,5-8,10H2,1H3,(H,15,16). The van der Waals surface area contributed by atoms with E-state index in [2.05, 4.69) is 28.5 Å². The fourth-order valence-corrected chi connectivity index (χ4v) is 2.56. The van der Waals surface area contributed by atoms with E-state index < -0.39 is 0 Å². The van der Waals surface area contributed by atoms with E-state index in [9.17, 15) is 0 Å². The molecule has 1 heterocycles. The predicted octanol–water partition coefficient (Wildman–Crippen LogP) is 2.12. The molecule has 2 aliphatic rings. The monoisotopic (exact) mass is 230 g/mol. The lowest BCUT2D eigenvalue weighted by Gasteiger charge is -2.16. The Bertz CT molecular complexity index is 449. The quantitative estimate of drug-likeness (QED) is 0.859. The van der Waals surface area contributed by atoms with Gasteiger partial charge in [-0.2, -0.15) is 0 Å². The molecule has 0 atom stereocenters. The van der Waals surface area contributed by atoms with Gasteiger partial charge in [0.2, 0.25) is 0 Å². The van der Waals surface area contributed by atoms with Gasteiger partial charge in [-0.1, -0.05) is 12.1 Å². The zero-order valence-corrected chi connectivity index (χ0v) is 10.2. The van der Waals surface area contributed by atoms with Gasteiger partial charge in [0.1, 0.15) is 5.75 Å². The molecule has 1 saturated carbocycles. The summed E-state index contributed by atoms with van der Waals surface area (Å²) < 4.78 is 5.30. The molecule has 17 heavy (non-hydrogen) atoms. The number of hydrogen-bond acceptors (Lipinski definition) is 3. The van der Waals surface area contributed by atoms with Gasteiger partial charge >= 0.3 is 0 Å². The summed E-state index contributed by atoms with van der Waals surface area (Å²) in [5.41, 5.74) is 1.72. The Kier molecular flexibility index (Phi) is 2.54. The number of nitrogens with one attached hydrogen (secondary N) is 1. The molecule has 1 fully saturated rings. The Labute approximate surface area is 102 Å². The normalized spacial score (nSPS) is 20.6. The molecule has 0 amide bonds. The molecule has 0 radical (unpaired) electrons. The van der Waals surface area contributed by atoms with Gasteiger partial charge in [-0.15, -0.1) is 0 Å². The first kappa shape index (κ1) is 10.6. The highest BCUT2D eigenvalue weighted by atomic mass is 16.5. The van der Waals surface area contributed by atoms with Crippen LogP contribution in [0.25, 0.3) is 0 Å². The van der Waals surface area contributed by atoms with E-state index in [1.54, 1.807) is 7.11 Å². The Hall–Kier alpha value is -1.51. The van der Waals surface area contributed by atoms with Crippen molar-refractivity contribution < 1.29 is 4.74 Å². The molecule has 1 aromatic rings. The van der Waals surface area contributed by atoms with Crippen LogP contribution in [0.2, 0.25) is 0 Å². The zero-order valence-electron chi connectivity index (χ0n) is 10.2. The summed E-state index contributed by atoms with van der Waals surface area (Å²) in [6.07, 6.45) is 3.59. The average Bonchev–Trinajstić information content (AvgIpc) is 2.97. The molecule has 3 rings (SSSR count). The second-order valence-electron chi connectivity index (χ2n) is 4.94. The van der Waals surface area contributed by atoms with E-state index in [0.717, 1.165) is 25.3 Å². The minimum absolute atomic E-state index is 0.324. The summed E-state index contributed by atoms with van der Waals surface area (Å²) in [5, 5.41) is 3.37. The zero-order chi connectivity index (χ0) is 11.7. The van der Waals surface area contributed by atoms with E-state index in [0.29, 0.717) is 5.41 Å². The molecule has 1 aliphatic heterocycles. The van der Waals surface area contributed by atoms with Gasteiger partial charge in [-0.3, -0.25) is 4.99 Å². The van der Waals surface area contributed by atoms with Crippen molar-refractivity contribution >= 4 is 5.84 Å². The van der Waals surface area contributed by atoms with E-state index in [4.69, 9.17) is 4.74 Å². The first-order chi connectivity index (χ1) is 8.32. The van der Waals surface area contributed by atoms with Gasteiger partial charge in [0.25, 0.3) is 0 Å². The van der Waals surface area contributed by atoms with Gasteiger partial charge < -0.3 is 10.1 Å². The Morgan fingerprint density at radius 2 is 2.29 bits per heavy atom. The summed E-state index contributed by atoms with van der Waals surface area (Å²) >= 11 is 0. The minimum Gasteiger partial charge on any atom is -0.497 e. The lowest BCUT2D eigenvalue weighted by molar-refractivity contribution is 0.413. The van der Waals surface area contributed by atoms with E-state index >= 15 is 0 Å². The van der Waals surface area contributed by atoms with Crippen LogP contribution in [0.5, 0.6) is 5.75 Å². The number of aliphatic imine (C=N–C) groups is 1. The second-order valence-corrected chi connectivity index (χ2v) is 4.94. The first-order valence-electron chi connectivity index (χ1n) is 6.24. The lowest BCUT2D eigenvalue weighted by Crippen LogP contribution is -2.24. The number of methoxy groups -OCH3 is 1. The summed E-state index contributed by atoms with van der Waals surface area (Å²) in [4.78, 5) is 4.50. The fraction of sp³-hybridized carbons (Fsp3) is 0.500. The van der Waals surface area contributed by atoms with Crippen LogP contribution in [0.4, 0.5) is 0 Å². The number of nitrogens with zero attached hydrogens (tertiary/aromatic N) is 1. The van der Waals surface area contributed by atoms with Crippen LogP contribution < -0.4 is 10.1 Å². The summed E-state index contributed by atoms with van der Waals surface area (Å²) in [6, 6.07) is 8.47. The van der Waals surface area contributed by atoms with Gasteiger partial charge in [0.15, 0.2) is 0 Å². The van der Waals surface area contributed by atoms with Gasteiger partial charge in [-0.25, -0.2) is 0 Å². The number of amidine groups is 1. The van der Waals surface area contributed by atoms with Crippen LogP contribution in [0, 0.1) is 0 Å². The molecule has 3 nitrogen and oxygen atoms in total. The Morgan fingerprint density at radius 1 is 1.41 bits per heavy atom. The van der Waals surface area contributed by atoms with Crippen LogP contribution in [-0.2, 0) is 5.41 Å². The largest absolute Gasteiger partial charge is 0.497 e. The van der Waals surface area contributed by atoms with Crippen molar-refractivity contribution in [3.63, 3.8) is 0 Å². The van der Waals surface area contributed by atoms with Crippen LogP contribution in [0.1, 0.15) is 24.8 Å². The smallest absolute Gasteiger partial charge is 0.119 e. The van der Waals surface area contributed by atoms with Gasteiger partial charge in [-0.05, 0) is 30.5 Å².